The number of nitrogens with one attached hydrogen (secondary N) is 1. The van der Waals surface area contributed by atoms with E-state index >= 15 is 0 Å². The molecule has 1 fully saturated rings. The highest BCUT2D eigenvalue weighted by Gasteiger charge is 2.40. The molecule has 0 aromatic heterocycles. The van der Waals surface area contributed by atoms with E-state index in [1.54, 1.807) is 38.4 Å². The van der Waals surface area contributed by atoms with Gasteiger partial charge in [-0.25, -0.2) is 4.90 Å². The quantitative estimate of drug-likeness (QED) is 0.443. The zero-order valence-corrected chi connectivity index (χ0v) is 17.4. The summed E-state index contributed by atoms with van der Waals surface area (Å²) >= 11 is 1.24. The summed E-state index contributed by atoms with van der Waals surface area (Å²) in [7, 11) is 3.24. The van der Waals surface area contributed by atoms with Crippen LogP contribution >= 0.6 is 11.8 Å². The Balaban J connectivity index is 1.69. The first-order valence-electron chi connectivity index (χ1n) is 9.20. The molecular formula is C21H23N3O4S. The minimum atomic E-state index is -0.536. The smallest absolute Gasteiger partial charge is 0.247 e. The SMILES string of the molecule is CCOc1ccc(N2C(=O)C[C@@H](SC(=NC)Nc3cccc(OC)c3)C2=O)cc1. The van der Waals surface area contributed by atoms with Crippen molar-refractivity contribution in [1.29, 1.82) is 0 Å². The average molecular weight is 413 g/mol. The maximum atomic E-state index is 12.9. The summed E-state index contributed by atoms with van der Waals surface area (Å²) in [4.78, 5) is 30.8. The highest BCUT2D eigenvalue weighted by atomic mass is 32.2. The maximum Gasteiger partial charge on any atom is 0.247 e. The number of amides is 2. The number of anilines is 2. The van der Waals surface area contributed by atoms with Crippen LogP contribution in [0.2, 0.25) is 0 Å². The number of hydrogen-bond donors (Lipinski definition) is 1. The number of methoxy groups -OCH3 is 1. The lowest BCUT2D eigenvalue weighted by atomic mass is 10.3. The van der Waals surface area contributed by atoms with Crippen molar-refractivity contribution in [2.24, 2.45) is 4.99 Å². The number of ether oxygens (including phenoxy) is 2. The van der Waals surface area contributed by atoms with Crippen molar-refractivity contribution in [3.8, 4) is 11.5 Å². The lowest BCUT2D eigenvalue weighted by molar-refractivity contribution is -0.121. The molecule has 1 atom stereocenters. The van der Waals surface area contributed by atoms with Crippen LogP contribution in [0.3, 0.4) is 0 Å². The van der Waals surface area contributed by atoms with E-state index in [2.05, 4.69) is 10.3 Å². The fourth-order valence-corrected chi connectivity index (χ4v) is 3.91. The second-order valence-corrected chi connectivity index (χ2v) is 7.38. The van der Waals surface area contributed by atoms with Crippen LogP contribution in [-0.4, -0.2) is 43.0 Å². The van der Waals surface area contributed by atoms with E-state index in [-0.39, 0.29) is 18.2 Å². The molecule has 2 aromatic rings. The van der Waals surface area contributed by atoms with Crippen molar-refractivity contribution in [3.63, 3.8) is 0 Å². The largest absolute Gasteiger partial charge is 0.497 e. The van der Waals surface area contributed by atoms with Crippen molar-refractivity contribution in [1.82, 2.24) is 0 Å². The van der Waals surface area contributed by atoms with Gasteiger partial charge in [-0.1, -0.05) is 17.8 Å². The van der Waals surface area contributed by atoms with Crippen molar-refractivity contribution >= 4 is 40.1 Å². The Morgan fingerprint density at radius 3 is 2.62 bits per heavy atom. The molecule has 7 nitrogen and oxygen atoms in total. The second-order valence-electron chi connectivity index (χ2n) is 6.19. The summed E-state index contributed by atoms with van der Waals surface area (Å²) in [6.07, 6.45) is 0.121. The standard InChI is InChI=1S/C21H23N3O4S/c1-4-28-16-10-8-15(9-11-16)24-19(25)13-18(20(24)26)29-21(22-2)23-14-6-5-7-17(12-14)27-3/h5-12,18H,4,13H2,1-3H3,(H,22,23)/t18-/m1/s1. The van der Waals surface area contributed by atoms with Crippen LogP contribution < -0.4 is 19.7 Å². The van der Waals surface area contributed by atoms with E-state index in [0.717, 1.165) is 5.69 Å². The van der Waals surface area contributed by atoms with Gasteiger partial charge in [-0.3, -0.25) is 14.6 Å². The monoisotopic (exact) mass is 413 g/mol. The van der Waals surface area contributed by atoms with Crippen molar-refractivity contribution < 1.29 is 19.1 Å². The molecule has 0 spiro atoms. The van der Waals surface area contributed by atoms with Crippen LogP contribution in [0, 0.1) is 0 Å². The minimum absolute atomic E-state index is 0.121. The predicted octanol–water partition coefficient (Wildman–Crippen LogP) is 3.56. The first kappa shape index (κ1) is 20.7. The van der Waals surface area contributed by atoms with Crippen LogP contribution in [0.1, 0.15) is 13.3 Å². The van der Waals surface area contributed by atoms with Gasteiger partial charge in [0.25, 0.3) is 0 Å². The number of carbonyl (C=O) groups excluding carboxylic acids is 2. The van der Waals surface area contributed by atoms with Gasteiger partial charge < -0.3 is 14.8 Å². The third-order valence-electron chi connectivity index (χ3n) is 4.29. The first-order chi connectivity index (χ1) is 14.0. The van der Waals surface area contributed by atoms with Crippen molar-refractivity contribution in [2.45, 2.75) is 18.6 Å². The summed E-state index contributed by atoms with van der Waals surface area (Å²) in [5.74, 6) is 0.930. The molecule has 0 bridgehead atoms. The summed E-state index contributed by atoms with van der Waals surface area (Å²) in [6, 6.07) is 14.4. The Labute approximate surface area is 174 Å². The Morgan fingerprint density at radius 2 is 1.97 bits per heavy atom. The number of rotatable bonds is 6. The summed E-state index contributed by atoms with van der Waals surface area (Å²) < 4.78 is 10.6. The Morgan fingerprint density at radius 1 is 1.21 bits per heavy atom. The highest BCUT2D eigenvalue weighted by Crippen LogP contribution is 2.31. The van der Waals surface area contributed by atoms with Crippen LogP contribution in [0.5, 0.6) is 11.5 Å². The fourth-order valence-electron chi connectivity index (χ4n) is 2.92. The molecule has 0 aliphatic carbocycles. The number of hydrogen-bond acceptors (Lipinski definition) is 6. The van der Waals surface area contributed by atoms with E-state index in [0.29, 0.717) is 29.0 Å². The van der Waals surface area contributed by atoms with E-state index in [9.17, 15) is 9.59 Å². The average Bonchev–Trinajstić information content (AvgIpc) is 3.01. The summed E-state index contributed by atoms with van der Waals surface area (Å²) in [5.41, 5.74) is 1.33. The van der Waals surface area contributed by atoms with Gasteiger partial charge in [0.2, 0.25) is 11.8 Å². The molecule has 29 heavy (non-hydrogen) atoms. The number of imide groups is 1. The van der Waals surface area contributed by atoms with Gasteiger partial charge in [0, 0.05) is 25.2 Å². The Bertz CT molecular complexity index is 914. The molecule has 0 radical (unpaired) electrons. The normalized spacial score (nSPS) is 16.9. The van der Waals surface area contributed by atoms with E-state index in [1.165, 1.54) is 16.7 Å². The molecule has 1 aliphatic heterocycles. The van der Waals surface area contributed by atoms with Crippen LogP contribution in [0.15, 0.2) is 53.5 Å². The molecule has 3 rings (SSSR count). The molecule has 0 unspecified atom stereocenters. The molecule has 8 heteroatoms. The zero-order valence-electron chi connectivity index (χ0n) is 16.5. The molecule has 1 N–H and O–H groups in total. The fraction of sp³-hybridized carbons (Fsp3) is 0.286. The topological polar surface area (TPSA) is 80.2 Å². The van der Waals surface area contributed by atoms with Gasteiger partial charge in [0.1, 0.15) is 16.7 Å². The molecule has 152 valence electrons. The van der Waals surface area contributed by atoms with Crippen LogP contribution in [-0.2, 0) is 9.59 Å². The number of benzene rings is 2. The lowest BCUT2D eigenvalue weighted by Crippen LogP contribution is -2.31. The van der Waals surface area contributed by atoms with Gasteiger partial charge in [-0.05, 0) is 43.3 Å². The number of aliphatic imine (C=N–C) groups is 1. The molecule has 0 saturated carbocycles. The van der Waals surface area contributed by atoms with Gasteiger partial charge in [-0.2, -0.15) is 0 Å². The minimum Gasteiger partial charge on any atom is -0.497 e. The molecule has 1 heterocycles. The van der Waals surface area contributed by atoms with Crippen molar-refractivity contribution in [2.75, 3.05) is 31.0 Å². The predicted molar refractivity (Wildman–Crippen MR) is 116 cm³/mol. The first-order valence-corrected chi connectivity index (χ1v) is 10.1. The Hall–Kier alpha value is -3.00. The number of carbonyl (C=O) groups is 2. The zero-order chi connectivity index (χ0) is 20.8. The molecule has 1 aliphatic rings. The van der Waals surface area contributed by atoms with Gasteiger partial charge in [-0.15, -0.1) is 0 Å². The summed E-state index contributed by atoms with van der Waals surface area (Å²) in [5, 5.41) is 3.19. The van der Waals surface area contributed by atoms with Crippen molar-refractivity contribution in [3.05, 3.63) is 48.5 Å². The van der Waals surface area contributed by atoms with Gasteiger partial charge in [0.15, 0.2) is 5.17 Å². The van der Waals surface area contributed by atoms with Gasteiger partial charge >= 0.3 is 0 Å². The van der Waals surface area contributed by atoms with E-state index in [4.69, 9.17) is 9.47 Å². The molecular weight excluding hydrogens is 390 g/mol. The second kappa shape index (κ2) is 9.47. The van der Waals surface area contributed by atoms with E-state index < -0.39 is 5.25 Å². The third kappa shape index (κ3) is 4.89. The van der Waals surface area contributed by atoms with Gasteiger partial charge in [0.05, 0.1) is 19.4 Å². The number of amidine groups is 1. The molecule has 1 saturated heterocycles. The highest BCUT2D eigenvalue weighted by molar-refractivity contribution is 8.15. The summed E-state index contributed by atoms with van der Waals surface area (Å²) in [6.45, 7) is 2.45. The number of thioether (sulfide) groups is 1. The van der Waals surface area contributed by atoms with Crippen LogP contribution in [0.25, 0.3) is 0 Å². The van der Waals surface area contributed by atoms with E-state index in [1.807, 2.05) is 31.2 Å². The molecule has 2 amide bonds. The Kier molecular flexibility index (Phi) is 6.77. The lowest BCUT2D eigenvalue weighted by Gasteiger charge is -2.16. The number of nitrogens with zero attached hydrogens (tertiary/aromatic N) is 2. The molecule has 2 aromatic carbocycles. The van der Waals surface area contributed by atoms with Crippen LogP contribution in [0.4, 0.5) is 11.4 Å². The third-order valence-corrected chi connectivity index (χ3v) is 5.45. The maximum absolute atomic E-state index is 12.9.